The number of amides is 1. The van der Waals surface area contributed by atoms with Crippen LogP contribution < -0.4 is 10.1 Å². The van der Waals surface area contributed by atoms with Gasteiger partial charge in [0.1, 0.15) is 5.75 Å². The van der Waals surface area contributed by atoms with Crippen LogP contribution in [0.4, 0.5) is 5.69 Å². The van der Waals surface area contributed by atoms with Gasteiger partial charge in [-0.05, 0) is 53.9 Å². The van der Waals surface area contributed by atoms with Crippen LogP contribution in [0.1, 0.15) is 19.4 Å². The number of ether oxygens (including phenoxy) is 1. The Hall–Kier alpha value is -2.81. The molecular weight excluding hydrogens is 298 g/mol. The Morgan fingerprint density at radius 2 is 1.71 bits per heavy atom. The van der Waals surface area contributed by atoms with Crippen molar-refractivity contribution in [2.24, 2.45) is 0 Å². The van der Waals surface area contributed by atoms with Crippen molar-refractivity contribution >= 4 is 22.4 Å². The third kappa shape index (κ3) is 3.74. The Labute approximate surface area is 142 Å². The van der Waals surface area contributed by atoms with Gasteiger partial charge in [0.15, 0.2) is 6.10 Å². The van der Waals surface area contributed by atoms with Gasteiger partial charge in [-0.15, -0.1) is 0 Å². The molecule has 3 heteroatoms. The molecule has 0 aliphatic heterocycles. The molecule has 0 radical (unpaired) electrons. The smallest absolute Gasteiger partial charge is 0.265 e. The summed E-state index contributed by atoms with van der Waals surface area (Å²) in [5.74, 6) is 0.532. The van der Waals surface area contributed by atoms with Gasteiger partial charge in [-0.2, -0.15) is 0 Å². The van der Waals surface area contributed by atoms with E-state index in [9.17, 15) is 4.79 Å². The second-order valence-corrected chi connectivity index (χ2v) is 5.81. The molecule has 0 aromatic heterocycles. The zero-order chi connectivity index (χ0) is 16.9. The molecule has 3 rings (SSSR count). The number of hydrogen-bond donors (Lipinski definition) is 1. The third-order valence-corrected chi connectivity index (χ3v) is 4.03. The van der Waals surface area contributed by atoms with Gasteiger partial charge in [0, 0.05) is 5.69 Å². The lowest BCUT2D eigenvalue weighted by Crippen LogP contribution is -2.30. The summed E-state index contributed by atoms with van der Waals surface area (Å²) >= 11 is 0. The molecule has 0 aliphatic rings. The highest BCUT2D eigenvalue weighted by molar-refractivity contribution is 5.94. The predicted molar refractivity (Wildman–Crippen MR) is 98.5 cm³/mol. The van der Waals surface area contributed by atoms with Crippen molar-refractivity contribution in [1.29, 1.82) is 0 Å². The number of aryl methyl sites for hydroxylation is 1. The molecule has 0 saturated heterocycles. The minimum absolute atomic E-state index is 0.160. The Balaban J connectivity index is 1.65. The van der Waals surface area contributed by atoms with Gasteiger partial charge in [-0.25, -0.2) is 0 Å². The van der Waals surface area contributed by atoms with Gasteiger partial charge in [-0.1, -0.05) is 49.4 Å². The highest BCUT2D eigenvalue weighted by Crippen LogP contribution is 2.21. The number of rotatable bonds is 5. The van der Waals surface area contributed by atoms with Crippen molar-refractivity contribution in [3.05, 3.63) is 72.3 Å². The number of benzene rings is 3. The average molecular weight is 319 g/mol. The van der Waals surface area contributed by atoms with Crippen LogP contribution in [0.15, 0.2) is 66.7 Å². The van der Waals surface area contributed by atoms with Crippen molar-refractivity contribution in [1.82, 2.24) is 0 Å². The van der Waals surface area contributed by atoms with E-state index in [1.807, 2.05) is 60.7 Å². The first-order valence-electron chi connectivity index (χ1n) is 8.21. The summed E-state index contributed by atoms with van der Waals surface area (Å²) in [5, 5.41) is 5.13. The highest BCUT2D eigenvalue weighted by Gasteiger charge is 2.15. The first-order valence-corrected chi connectivity index (χ1v) is 8.21. The molecule has 0 bridgehead atoms. The molecular formula is C21H21NO2. The van der Waals surface area contributed by atoms with Crippen molar-refractivity contribution in [2.75, 3.05) is 5.32 Å². The molecule has 1 atom stereocenters. The summed E-state index contributed by atoms with van der Waals surface area (Å²) in [6.07, 6.45) is 0.410. The van der Waals surface area contributed by atoms with E-state index in [0.29, 0.717) is 5.75 Å². The predicted octanol–water partition coefficient (Wildman–Crippen LogP) is 4.81. The average Bonchev–Trinajstić information content (AvgIpc) is 2.62. The Morgan fingerprint density at radius 1 is 1.00 bits per heavy atom. The Kier molecular flexibility index (Phi) is 4.80. The molecule has 122 valence electrons. The number of carbonyl (C=O) groups is 1. The van der Waals surface area contributed by atoms with E-state index in [-0.39, 0.29) is 5.91 Å². The van der Waals surface area contributed by atoms with Crippen LogP contribution in [-0.2, 0) is 11.2 Å². The summed E-state index contributed by atoms with van der Waals surface area (Å²) in [6.45, 7) is 3.86. The van der Waals surface area contributed by atoms with E-state index in [1.54, 1.807) is 6.92 Å². The second-order valence-electron chi connectivity index (χ2n) is 5.81. The maximum atomic E-state index is 12.3. The third-order valence-electron chi connectivity index (χ3n) is 4.03. The SMILES string of the molecule is CCc1ccc(NC(=O)[C@@H](C)Oc2ccc3ccccc3c2)cc1. The summed E-state index contributed by atoms with van der Waals surface area (Å²) in [7, 11) is 0. The summed E-state index contributed by atoms with van der Waals surface area (Å²) < 4.78 is 5.79. The van der Waals surface area contributed by atoms with E-state index in [1.165, 1.54) is 5.56 Å². The maximum absolute atomic E-state index is 12.3. The van der Waals surface area contributed by atoms with E-state index in [4.69, 9.17) is 4.74 Å². The molecule has 0 saturated carbocycles. The molecule has 0 spiro atoms. The Morgan fingerprint density at radius 3 is 2.42 bits per heavy atom. The second kappa shape index (κ2) is 7.18. The van der Waals surface area contributed by atoms with E-state index >= 15 is 0 Å². The quantitative estimate of drug-likeness (QED) is 0.733. The van der Waals surface area contributed by atoms with Crippen LogP contribution in [0, 0.1) is 0 Å². The standard InChI is InChI=1S/C21H21NO2/c1-3-16-8-11-19(12-9-16)22-21(23)15(2)24-20-13-10-17-6-4-5-7-18(17)14-20/h4-15H,3H2,1-2H3,(H,22,23)/t15-/m1/s1. The molecule has 3 aromatic rings. The molecule has 3 nitrogen and oxygen atoms in total. The molecule has 0 unspecified atom stereocenters. The maximum Gasteiger partial charge on any atom is 0.265 e. The monoisotopic (exact) mass is 319 g/mol. The molecule has 24 heavy (non-hydrogen) atoms. The molecule has 3 aromatic carbocycles. The number of anilines is 1. The van der Waals surface area contributed by atoms with Gasteiger partial charge in [0.05, 0.1) is 0 Å². The zero-order valence-corrected chi connectivity index (χ0v) is 14.0. The first-order chi connectivity index (χ1) is 11.7. The van der Waals surface area contributed by atoms with Crippen LogP contribution in [0.3, 0.4) is 0 Å². The van der Waals surface area contributed by atoms with E-state index in [0.717, 1.165) is 22.9 Å². The van der Waals surface area contributed by atoms with Crippen LogP contribution in [0.25, 0.3) is 10.8 Å². The molecule has 0 heterocycles. The minimum Gasteiger partial charge on any atom is -0.481 e. The van der Waals surface area contributed by atoms with Gasteiger partial charge in [0.2, 0.25) is 0 Å². The van der Waals surface area contributed by atoms with Crippen LogP contribution in [-0.4, -0.2) is 12.0 Å². The van der Waals surface area contributed by atoms with Crippen molar-refractivity contribution in [2.45, 2.75) is 26.4 Å². The number of nitrogens with one attached hydrogen (secondary N) is 1. The van der Waals surface area contributed by atoms with Gasteiger partial charge >= 0.3 is 0 Å². The van der Waals surface area contributed by atoms with Crippen LogP contribution in [0.5, 0.6) is 5.75 Å². The fourth-order valence-electron chi connectivity index (χ4n) is 2.57. The molecule has 0 fully saturated rings. The first kappa shape index (κ1) is 16.1. The van der Waals surface area contributed by atoms with Crippen molar-refractivity contribution in [3.8, 4) is 5.75 Å². The largest absolute Gasteiger partial charge is 0.481 e. The Bertz CT molecular complexity index is 840. The molecule has 1 N–H and O–H groups in total. The molecule has 0 aliphatic carbocycles. The number of fused-ring (bicyclic) bond motifs is 1. The zero-order valence-electron chi connectivity index (χ0n) is 14.0. The van der Waals surface area contributed by atoms with E-state index in [2.05, 4.69) is 18.3 Å². The lowest BCUT2D eigenvalue weighted by Gasteiger charge is -2.15. The lowest BCUT2D eigenvalue weighted by molar-refractivity contribution is -0.122. The fraction of sp³-hybridized carbons (Fsp3) is 0.190. The number of carbonyl (C=O) groups excluding carboxylic acids is 1. The van der Waals surface area contributed by atoms with Crippen molar-refractivity contribution < 1.29 is 9.53 Å². The summed E-state index contributed by atoms with van der Waals surface area (Å²) in [5.41, 5.74) is 2.03. The minimum atomic E-state index is -0.572. The normalized spacial score (nSPS) is 11.9. The fourth-order valence-corrected chi connectivity index (χ4v) is 2.57. The summed E-state index contributed by atoms with van der Waals surface area (Å²) in [4.78, 5) is 12.3. The number of hydrogen-bond acceptors (Lipinski definition) is 2. The van der Waals surface area contributed by atoms with E-state index < -0.39 is 6.10 Å². The lowest BCUT2D eigenvalue weighted by atomic mass is 10.1. The van der Waals surface area contributed by atoms with Gasteiger partial charge in [0.25, 0.3) is 5.91 Å². The topological polar surface area (TPSA) is 38.3 Å². The van der Waals surface area contributed by atoms with Crippen LogP contribution >= 0.6 is 0 Å². The van der Waals surface area contributed by atoms with Crippen molar-refractivity contribution in [3.63, 3.8) is 0 Å². The van der Waals surface area contributed by atoms with Crippen LogP contribution in [0.2, 0.25) is 0 Å². The van der Waals surface area contributed by atoms with Gasteiger partial charge < -0.3 is 10.1 Å². The molecule has 1 amide bonds. The highest BCUT2D eigenvalue weighted by atomic mass is 16.5. The van der Waals surface area contributed by atoms with Gasteiger partial charge in [-0.3, -0.25) is 4.79 Å². The summed E-state index contributed by atoms with van der Waals surface area (Å²) in [6, 6.07) is 21.8.